The number of fused-ring (bicyclic) bond motifs is 2. The zero-order valence-corrected chi connectivity index (χ0v) is 12.5. The fourth-order valence-corrected chi connectivity index (χ4v) is 5.60. The molecule has 5 heteroatoms. The number of aliphatic hydroxyl groups is 1. The third-order valence-corrected chi connectivity index (χ3v) is 7.08. The summed E-state index contributed by atoms with van der Waals surface area (Å²) < 4.78 is 12.3. The Bertz CT molecular complexity index is 454. The molecule has 2 aliphatic rings. The number of hydrogen-bond acceptors (Lipinski definition) is 3. The molecule has 0 spiro atoms. The molecular formula is C14H22O4S. The van der Waals surface area contributed by atoms with E-state index < -0.39 is 22.9 Å². The van der Waals surface area contributed by atoms with Gasteiger partial charge >= 0.3 is 5.97 Å². The number of carbonyl (C=O) groups is 1. The normalized spacial score (nSPS) is 38.4. The molecule has 0 unspecified atom stereocenters. The van der Waals surface area contributed by atoms with Crippen LogP contribution in [0.15, 0.2) is 11.0 Å². The van der Waals surface area contributed by atoms with Gasteiger partial charge in [-0.2, -0.15) is 0 Å². The lowest BCUT2D eigenvalue weighted by Crippen LogP contribution is -2.43. The van der Waals surface area contributed by atoms with Crippen molar-refractivity contribution in [2.45, 2.75) is 46.1 Å². The second kappa shape index (κ2) is 4.70. The highest BCUT2D eigenvalue weighted by Gasteiger charge is 2.64. The zero-order chi connectivity index (χ0) is 14.4. The van der Waals surface area contributed by atoms with Crippen molar-refractivity contribution in [3.8, 4) is 0 Å². The summed E-state index contributed by atoms with van der Waals surface area (Å²) >= 11 is 0. The predicted octanol–water partition coefficient (Wildman–Crippen LogP) is 1.91. The van der Waals surface area contributed by atoms with Crippen molar-refractivity contribution in [1.82, 2.24) is 0 Å². The van der Waals surface area contributed by atoms with Gasteiger partial charge in [-0.1, -0.05) is 13.8 Å². The van der Waals surface area contributed by atoms with E-state index in [4.69, 9.17) is 5.11 Å². The molecule has 2 bridgehead atoms. The average molecular weight is 286 g/mol. The van der Waals surface area contributed by atoms with Crippen molar-refractivity contribution in [1.29, 1.82) is 0 Å². The Hall–Kier alpha value is -0.680. The van der Waals surface area contributed by atoms with Crippen molar-refractivity contribution in [2.24, 2.45) is 16.7 Å². The number of carboxylic acid groups (broad SMARTS) is 1. The maximum absolute atomic E-state index is 12.3. The van der Waals surface area contributed by atoms with Gasteiger partial charge in [0.25, 0.3) is 0 Å². The van der Waals surface area contributed by atoms with E-state index in [9.17, 15) is 14.1 Å². The van der Waals surface area contributed by atoms with Crippen LogP contribution in [0.5, 0.6) is 0 Å². The van der Waals surface area contributed by atoms with Crippen molar-refractivity contribution in [3.05, 3.63) is 11.0 Å². The van der Waals surface area contributed by atoms with Crippen LogP contribution in [0.1, 0.15) is 40.0 Å². The standard InChI is InChI=1S/C14H22O4S/c1-9(6-12(16)17)19(18)8-14-5-4-10(7-11(14)15)13(14,2)3/h6,10-11,15H,4-5,7-8H2,1-3H3,(H,16,17)/b9-6-/t10-,11-,14-,19+/m1/s1. The molecule has 0 saturated heterocycles. The zero-order valence-electron chi connectivity index (χ0n) is 11.7. The molecule has 0 aliphatic heterocycles. The number of allylic oxidation sites excluding steroid dienone is 1. The lowest BCUT2D eigenvalue weighted by molar-refractivity contribution is -0.131. The van der Waals surface area contributed by atoms with Gasteiger partial charge in [-0.3, -0.25) is 4.21 Å². The van der Waals surface area contributed by atoms with Crippen LogP contribution in [-0.4, -0.2) is 32.2 Å². The Labute approximate surface area is 116 Å². The van der Waals surface area contributed by atoms with Gasteiger partial charge in [0.1, 0.15) is 0 Å². The SMILES string of the molecule is C/C(=C/C(=O)O)[S@@](=O)C[C@]12CC[C@H](C[C@H]1O)C2(C)C. The minimum absolute atomic E-state index is 0.0222. The Morgan fingerprint density at radius 3 is 2.53 bits per heavy atom. The van der Waals surface area contributed by atoms with Gasteiger partial charge in [-0.05, 0) is 37.5 Å². The Kier molecular flexibility index (Phi) is 3.64. The van der Waals surface area contributed by atoms with E-state index in [1.54, 1.807) is 6.92 Å². The molecule has 0 aromatic rings. The highest BCUT2D eigenvalue weighted by molar-refractivity contribution is 7.89. The van der Waals surface area contributed by atoms with Crippen LogP contribution in [0.3, 0.4) is 0 Å². The highest BCUT2D eigenvalue weighted by atomic mass is 32.2. The molecule has 2 rings (SSSR count). The first kappa shape index (κ1) is 14.7. The number of aliphatic carboxylic acids is 1. The first-order valence-corrected chi connectivity index (χ1v) is 8.00. The van der Waals surface area contributed by atoms with Crippen LogP contribution >= 0.6 is 0 Å². The summed E-state index contributed by atoms with van der Waals surface area (Å²) in [6.45, 7) is 5.88. The number of carboxylic acids is 1. The first-order valence-electron chi connectivity index (χ1n) is 6.68. The summed E-state index contributed by atoms with van der Waals surface area (Å²) in [4.78, 5) is 11.0. The van der Waals surface area contributed by atoms with E-state index in [0.717, 1.165) is 25.3 Å². The molecule has 0 heterocycles. The monoisotopic (exact) mass is 286 g/mol. The van der Waals surface area contributed by atoms with Crippen molar-refractivity contribution < 1.29 is 19.2 Å². The van der Waals surface area contributed by atoms with Gasteiger partial charge in [0.2, 0.25) is 0 Å². The largest absolute Gasteiger partial charge is 0.478 e. The van der Waals surface area contributed by atoms with Gasteiger partial charge < -0.3 is 10.2 Å². The van der Waals surface area contributed by atoms with Gasteiger partial charge in [-0.15, -0.1) is 0 Å². The lowest BCUT2D eigenvalue weighted by Gasteiger charge is -2.40. The van der Waals surface area contributed by atoms with E-state index >= 15 is 0 Å². The van der Waals surface area contributed by atoms with E-state index in [1.165, 1.54) is 0 Å². The van der Waals surface area contributed by atoms with Crippen LogP contribution in [0, 0.1) is 16.7 Å². The summed E-state index contributed by atoms with van der Waals surface area (Å²) in [5.41, 5.74) is -0.346. The molecule has 0 radical (unpaired) electrons. The van der Waals surface area contributed by atoms with Gasteiger partial charge in [-0.25, -0.2) is 4.79 Å². The maximum Gasteiger partial charge on any atom is 0.329 e. The highest BCUT2D eigenvalue weighted by Crippen LogP contribution is 2.66. The number of aliphatic hydroxyl groups excluding tert-OH is 1. The van der Waals surface area contributed by atoms with E-state index in [0.29, 0.717) is 16.6 Å². The average Bonchev–Trinajstić information content (AvgIpc) is 2.61. The van der Waals surface area contributed by atoms with Crippen LogP contribution in [0.4, 0.5) is 0 Å². The molecule has 4 nitrogen and oxygen atoms in total. The third kappa shape index (κ3) is 2.17. The van der Waals surface area contributed by atoms with Gasteiger partial charge in [0.15, 0.2) is 0 Å². The molecule has 2 saturated carbocycles. The van der Waals surface area contributed by atoms with Crippen molar-refractivity contribution in [3.63, 3.8) is 0 Å². The lowest BCUT2D eigenvalue weighted by atomic mass is 9.70. The molecule has 0 aromatic heterocycles. The minimum atomic E-state index is -1.33. The fourth-order valence-electron chi connectivity index (χ4n) is 3.97. The fraction of sp³-hybridized carbons (Fsp3) is 0.786. The summed E-state index contributed by atoms with van der Waals surface area (Å²) in [6.07, 6.45) is 3.34. The summed E-state index contributed by atoms with van der Waals surface area (Å²) in [5, 5.41) is 19.1. The van der Waals surface area contributed by atoms with Crippen LogP contribution in [0.2, 0.25) is 0 Å². The molecule has 2 N–H and O–H groups in total. The van der Waals surface area contributed by atoms with Gasteiger partial charge in [0.05, 0.1) is 6.10 Å². The second-order valence-corrected chi connectivity index (χ2v) is 8.07. The van der Waals surface area contributed by atoms with Crippen LogP contribution in [-0.2, 0) is 15.6 Å². The number of hydrogen-bond donors (Lipinski definition) is 2. The van der Waals surface area contributed by atoms with Gasteiger partial charge in [0, 0.05) is 32.9 Å². The summed E-state index contributed by atoms with van der Waals surface area (Å²) in [5.74, 6) is -0.213. The molecule has 0 aromatic carbocycles. The van der Waals surface area contributed by atoms with E-state index in [-0.39, 0.29) is 10.8 Å². The Morgan fingerprint density at radius 1 is 1.47 bits per heavy atom. The van der Waals surface area contributed by atoms with E-state index in [2.05, 4.69) is 13.8 Å². The van der Waals surface area contributed by atoms with E-state index in [1.807, 2.05) is 0 Å². The quantitative estimate of drug-likeness (QED) is 0.774. The Balaban J connectivity index is 2.23. The molecular weight excluding hydrogens is 264 g/mol. The smallest absolute Gasteiger partial charge is 0.329 e. The Morgan fingerprint density at radius 2 is 2.11 bits per heavy atom. The number of rotatable bonds is 4. The topological polar surface area (TPSA) is 74.6 Å². The van der Waals surface area contributed by atoms with Crippen LogP contribution < -0.4 is 0 Å². The third-order valence-electron chi connectivity index (χ3n) is 5.46. The van der Waals surface area contributed by atoms with Crippen molar-refractivity contribution in [2.75, 3.05) is 5.75 Å². The maximum atomic E-state index is 12.3. The van der Waals surface area contributed by atoms with Crippen molar-refractivity contribution >= 4 is 16.8 Å². The molecule has 108 valence electrons. The molecule has 19 heavy (non-hydrogen) atoms. The summed E-state index contributed by atoms with van der Waals surface area (Å²) in [6, 6.07) is 0. The molecule has 2 aliphatic carbocycles. The summed E-state index contributed by atoms with van der Waals surface area (Å²) in [7, 11) is -1.33. The molecule has 4 atom stereocenters. The molecule has 2 fully saturated rings. The molecule has 0 amide bonds. The van der Waals surface area contributed by atoms with Crippen LogP contribution in [0.25, 0.3) is 0 Å². The second-order valence-electron chi connectivity index (χ2n) is 6.45. The minimum Gasteiger partial charge on any atom is -0.478 e. The predicted molar refractivity (Wildman–Crippen MR) is 74.0 cm³/mol. The first-order chi connectivity index (χ1) is 8.70.